The number of amides is 1. The monoisotopic (exact) mass is 338 g/mol. The van der Waals surface area contributed by atoms with Gasteiger partial charge in [0.25, 0.3) is 0 Å². The second-order valence-corrected chi connectivity index (χ2v) is 6.45. The van der Waals surface area contributed by atoms with Crippen molar-refractivity contribution in [2.45, 2.75) is 25.8 Å². The van der Waals surface area contributed by atoms with Crippen LogP contribution in [0.2, 0.25) is 0 Å². The first-order valence-corrected chi connectivity index (χ1v) is 8.77. The van der Waals surface area contributed by atoms with Crippen molar-refractivity contribution in [1.29, 1.82) is 0 Å². The van der Waals surface area contributed by atoms with E-state index in [2.05, 4.69) is 28.4 Å². The zero-order valence-electron chi connectivity index (χ0n) is 14.3. The Morgan fingerprint density at radius 2 is 1.92 bits per heavy atom. The van der Waals surface area contributed by atoms with Crippen LogP contribution in [0.4, 0.5) is 11.4 Å². The van der Waals surface area contributed by atoms with Crippen LogP contribution in [0.3, 0.4) is 0 Å². The van der Waals surface area contributed by atoms with Crippen molar-refractivity contribution >= 4 is 17.3 Å². The van der Waals surface area contributed by atoms with Crippen LogP contribution in [-0.2, 0) is 11.2 Å². The van der Waals surface area contributed by atoms with E-state index in [0.717, 1.165) is 30.8 Å². The topological polar surface area (TPSA) is 50.8 Å². The molecule has 0 saturated carbocycles. The highest BCUT2D eigenvalue weighted by atomic mass is 16.6. The Morgan fingerprint density at radius 3 is 2.80 bits per heavy atom. The number of nitrogens with one attached hydrogen (secondary N) is 1. The van der Waals surface area contributed by atoms with Crippen molar-refractivity contribution in [1.82, 2.24) is 0 Å². The average Bonchev–Trinajstić information content (AvgIpc) is 2.67. The van der Waals surface area contributed by atoms with E-state index in [9.17, 15) is 4.79 Å². The molecule has 0 fully saturated rings. The van der Waals surface area contributed by atoms with Gasteiger partial charge in [-0.25, -0.2) is 0 Å². The lowest BCUT2D eigenvalue weighted by molar-refractivity contribution is -0.117. The Hall–Kier alpha value is -2.69. The zero-order valence-corrected chi connectivity index (χ0v) is 14.3. The maximum absolute atomic E-state index is 12.8. The molecule has 2 heterocycles. The van der Waals surface area contributed by atoms with E-state index < -0.39 is 0 Å². The molecule has 25 heavy (non-hydrogen) atoms. The number of fused-ring (bicyclic) bond motifs is 2. The molecule has 4 rings (SSSR count). The number of carbonyl (C=O) groups is 1. The Kier molecular flexibility index (Phi) is 4.22. The second kappa shape index (κ2) is 6.67. The van der Waals surface area contributed by atoms with Gasteiger partial charge in [-0.15, -0.1) is 0 Å². The van der Waals surface area contributed by atoms with Crippen molar-refractivity contribution in [2.24, 2.45) is 0 Å². The van der Waals surface area contributed by atoms with Gasteiger partial charge in [-0.2, -0.15) is 0 Å². The lowest BCUT2D eigenvalue weighted by Gasteiger charge is -2.35. The van der Waals surface area contributed by atoms with Crippen LogP contribution in [0.1, 0.15) is 18.9 Å². The molecule has 5 heteroatoms. The minimum atomic E-state index is -0.241. The predicted octanol–water partition coefficient (Wildman–Crippen LogP) is 3.24. The van der Waals surface area contributed by atoms with Crippen molar-refractivity contribution in [3.05, 3.63) is 48.0 Å². The van der Waals surface area contributed by atoms with Gasteiger partial charge in [0, 0.05) is 24.0 Å². The first-order chi connectivity index (χ1) is 12.2. The first kappa shape index (κ1) is 15.8. The fraction of sp³-hybridized carbons (Fsp3) is 0.350. The van der Waals surface area contributed by atoms with E-state index >= 15 is 0 Å². The standard InChI is InChI=1S/C20H22N2O3/c1-14(22-10-4-6-15-5-2-3-7-17(15)22)20(23)21-16-8-9-18-19(13-16)25-12-11-24-18/h2-3,5,7-9,13-14H,4,6,10-12H2,1H3,(H,21,23). The molecule has 2 aliphatic heterocycles. The molecule has 0 saturated heterocycles. The van der Waals surface area contributed by atoms with Gasteiger partial charge in [0.05, 0.1) is 0 Å². The zero-order chi connectivity index (χ0) is 17.2. The summed E-state index contributed by atoms with van der Waals surface area (Å²) in [5, 5.41) is 3.00. The summed E-state index contributed by atoms with van der Waals surface area (Å²) in [6.45, 7) is 3.94. The van der Waals surface area contributed by atoms with Crippen LogP contribution in [0, 0.1) is 0 Å². The van der Waals surface area contributed by atoms with E-state index in [1.807, 2.05) is 31.2 Å². The molecule has 0 aliphatic carbocycles. The summed E-state index contributed by atoms with van der Waals surface area (Å²) in [6.07, 6.45) is 2.14. The van der Waals surface area contributed by atoms with E-state index in [0.29, 0.717) is 19.0 Å². The molecule has 130 valence electrons. The van der Waals surface area contributed by atoms with Gasteiger partial charge >= 0.3 is 0 Å². The molecule has 1 unspecified atom stereocenters. The Morgan fingerprint density at radius 1 is 1.12 bits per heavy atom. The summed E-state index contributed by atoms with van der Waals surface area (Å²) in [5.41, 5.74) is 3.21. The molecule has 0 bridgehead atoms. The van der Waals surface area contributed by atoms with Crippen LogP contribution in [-0.4, -0.2) is 31.7 Å². The molecule has 1 N–H and O–H groups in total. The fourth-order valence-corrected chi connectivity index (χ4v) is 3.47. The van der Waals surface area contributed by atoms with Gasteiger partial charge in [0.2, 0.25) is 5.91 Å². The number of hydrogen-bond acceptors (Lipinski definition) is 4. The summed E-state index contributed by atoms with van der Waals surface area (Å²) in [5.74, 6) is 1.38. The number of hydrogen-bond donors (Lipinski definition) is 1. The Labute approximate surface area is 147 Å². The molecular weight excluding hydrogens is 316 g/mol. The van der Waals surface area contributed by atoms with E-state index in [-0.39, 0.29) is 11.9 Å². The highest BCUT2D eigenvalue weighted by molar-refractivity contribution is 5.97. The van der Waals surface area contributed by atoms with Crippen molar-refractivity contribution < 1.29 is 14.3 Å². The summed E-state index contributed by atoms with van der Waals surface area (Å²) >= 11 is 0. The summed E-state index contributed by atoms with van der Waals surface area (Å²) < 4.78 is 11.1. The first-order valence-electron chi connectivity index (χ1n) is 8.77. The van der Waals surface area contributed by atoms with Crippen LogP contribution < -0.4 is 19.7 Å². The van der Waals surface area contributed by atoms with Crippen LogP contribution in [0.15, 0.2) is 42.5 Å². The van der Waals surface area contributed by atoms with Gasteiger partial charge < -0.3 is 19.7 Å². The molecule has 2 aliphatic rings. The van der Waals surface area contributed by atoms with E-state index in [1.54, 1.807) is 0 Å². The van der Waals surface area contributed by atoms with E-state index in [1.165, 1.54) is 11.3 Å². The van der Waals surface area contributed by atoms with Gasteiger partial charge in [0.1, 0.15) is 19.3 Å². The largest absolute Gasteiger partial charge is 0.486 e. The molecule has 1 amide bonds. The normalized spacial score (nSPS) is 16.8. The van der Waals surface area contributed by atoms with Crippen LogP contribution >= 0.6 is 0 Å². The van der Waals surface area contributed by atoms with E-state index in [4.69, 9.17) is 9.47 Å². The molecule has 2 aromatic rings. The van der Waals surface area contributed by atoms with Crippen LogP contribution in [0.5, 0.6) is 11.5 Å². The van der Waals surface area contributed by atoms with Crippen LogP contribution in [0.25, 0.3) is 0 Å². The number of carbonyl (C=O) groups excluding carboxylic acids is 1. The number of aryl methyl sites for hydroxylation is 1. The molecule has 0 spiro atoms. The molecule has 1 atom stereocenters. The van der Waals surface area contributed by atoms with Crippen molar-refractivity contribution in [2.75, 3.05) is 30.0 Å². The van der Waals surface area contributed by atoms with Crippen molar-refractivity contribution in [3.63, 3.8) is 0 Å². The maximum atomic E-state index is 12.8. The number of rotatable bonds is 3. The Balaban J connectivity index is 1.50. The number of benzene rings is 2. The molecule has 5 nitrogen and oxygen atoms in total. The molecule has 0 radical (unpaired) electrons. The SMILES string of the molecule is CC(C(=O)Nc1ccc2c(c1)OCCO2)N1CCCc2ccccc21. The maximum Gasteiger partial charge on any atom is 0.246 e. The Bertz CT molecular complexity index is 790. The summed E-state index contributed by atoms with van der Waals surface area (Å²) in [7, 11) is 0. The minimum Gasteiger partial charge on any atom is -0.486 e. The average molecular weight is 338 g/mol. The number of ether oxygens (including phenoxy) is 2. The second-order valence-electron chi connectivity index (χ2n) is 6.45. The van der Waals surface area contributed by atoms with Gasteiger partial charge in [-0.3, -0.25) is 4.79 Å². The lowest BCUT2D eigenvalue weighted by atomic mass is 10.00. The summed E-state index contributed by atoms with van der Waals surface area (Å²) in [6, 6.07) is 13.6. The molecule has 2 aromatic carbocycles. The quantitative estimate of drug-likeness (QED) is 0.933. The third-order valence-corrected chi connectivity index (χ3v) is 4.80. The van der Waals surface area contributed by atoms with Gasteiger partial charge in [0.15, 0.2) is 11.5 Å². The third kappa shape index (κ3) is 3.14. The van der Waals surface area contributed by atoms with Gasteiger partial charge in [-0.1, -0.05) is 18.2 Å². The smallest absolute Gasteiger partial charge is 0.246 e. The predicted molar refractivity (Wildman–Crippen MR) is 97.6 cm³/mol. The highest BCUT2D eigenvalue weighted by Crippen LogP contribution is 2.33. The lowest BCUT2D eigenvalue weighted by Crippen LogP contribution is -2.44. The fourth-order valence-electron chi connectivity index (χ4n) is 3.47. The third-order valence-electron chi connectivity index (χ3n) is 4.80. The number of nitrogens with zero attached hydrogens (tertiary/aromatic N) is 1. The van der Waals surface area contributed by atoms with Crippen molar-refractivity contribution in [3.8, 4) is 11.5 Å². The highest BCUT2D eigenvalue weighted by Gasteiger charge is 2.26. The number of anilines is 2. The molecule has 0 aromatic heterocycles. The summed E-state index contributed by atoms with van der Waals surface area (Å²) in [4.78, 5) is 15.0. The minimum absolute atomic E-state index is 0.0200. The molecular formula is C20H22N2O3. The number of para-hydroxylation sites is 1. The van der Waals surface area contributed by atoms with Gasteiger partial charge in [-0.05, 0) is 43.5 Å².